The molecular formula is C6H5IN2. The third kappa shape index (κ3) is 2.11. The molecule has 0 aromatic rings. The van der Waals surface area contributed by atoms with Crippen molar-refractivity contribution in [2.75, 3.05) is 0 Å². The van der Waals surface area contributed by atoms with Gasteiger partial charge in [-0.25, -0.2) is 0 Å². The highest BCUT2D eigenvalue weighted by Crippen LogP contribution is 2.07. The summed E-state index contributed by atoms with van der Waals surface area (Å²) in [5, 5.41) is 0. The van der Waals surface area contributed by atoms with E-state index in [1.54, 1.807) is 6.20 Å². The van der Waals surface area contributed by atoms with Crippen molar-refractivity contribution >= 4 is 34.2 Å². The molecule has 0 saturated heterocycles. The van der Waals surface area contributed by atoms with Crippen LogP contribution in [-0.4, -0.2) is 11.6 Å². The Hall–Kier alpha value is -0.410. The summed E-state index contributed by atoms with van der Waals surface area (Å²) in [4.78, 5) is 7.88. The zero-order valence-corrected chi connectivity index (χ0v) is 7.08. The Morgan fingerprint density at radius 3 is 3.22 bits per heavy atom. The minimum atomic E-state index is 0.919. The third-order valence-corrected chi connectivity index (χ3v) is 1.38. The maximum Gasteiger partial charge on any atom is 0.113 e. The number of halogens is 1. The van der Waals surface area contributed by atoms with E-state index in [1.807, 2.05) is 13.0 Å². The summed E-state index contributed by atoms with van der Waals surface area (Å²) in [7, 11) is 0. The van der Waals surface area contributed by atoms with Gasteiger partial charge in [-0.15, -0.1) is 0 Å². The molecule has 0 fully saturated rings. The van der Waals surface area contributed by atoms with Crippen LogP contribution in [0.3, 0.4) is 0 Å². The van der Waals surface area contributed by atoms with Gasteiger partial charge in [0.15, 0.2) is 0 Å². The second kappa shape index (κ2) is 2.94. The number of nitrogens with zero attached hydrogens (tertiary/aromatic N) is 2. The monoisotopic (exact) mass is 232 g/mol. The Kier molecular flexibility index (Phi) is 2.19. The van der Waals surface area contributed by atoms with Gasteiger partial charge in [0, 0.05) is 11.6 Å². The van der Waals surface area contributed by atoms with Crippen LogP contribution in [0.5, 0.6) is 0 Å². The molecule has 0 bridgehead atoms. The molecule has 46 valence electrons. The van der Waals surface area contributed by atoms with Gasteiger partial charge in [-0.3, -0.25) is 4.99 Å². The first-order valence-electron chi connectivity index (χ1n) is 2.48. The van der Waals surface area contributed by atoms with Crippen LogP contribution in [0.25, 0.3) is 0 Å². The number of allylic oxidation sites excluding steroid dienone is 1. The highest BCUT2D eigenvalue weighted by Gasteiger charge is 1.89. The van der Waals surface area contributed by atoms with Crippen molar-refractivity contribution in [3.05, 3.63) is 16.0 Å². The molecule has 0 radical (unpaired) electrons. The van der Waals surface area contributed by atoms with Crippen LogP contribution < -0.4 is 0 Å². The first kappa shape index (κ1) is 6.71. The van der Waals surface area contributed by atoms with Gasteiger partial charge >= 0.3 is 0 Å². The smallest absolute Gasteiger partial charge is 0.113 e. The van der Waals surface area contributed by atoms with E-state index in [-0.39, 0.29) is 0 Å². The van der Waals surface area contributed by atoms with E-state index >= 15 is 0 Å². The molecule has 0 unspecified atom stereocenters. The maximum atomic E-state index is 3.98. The summed E-state index contributed by atoms with van der Waals surface area (Å²) in [5.74, 6) is 2.66. The van der Waals surface area contributed by atoms with Crippen molar-refractivity contribution in [1.82, 2.24) is 0 Å². The predicted molar refractivity (Wildman–Crippen MR) is 47.2 cm³/mol. The van der Waals surface area contributed by atoms with Gasteiger partial charge in [0.2, 0.25) is 0 Å². The molecule has 0 saturated carbocycles. The number of aliphatic imine (C=N–C) groups is 2. The molecule has 0 aliphatic carbocycles. The largest absolute Gasteiger partial charge is 0.252 e. The van der Waals surface area contributed by atoms with E-state index in [0.29, 0.717) is 0 Å². The average molecular weight is 232 g/mol. The molecule has 0 amide bonds. The lowest BCUT2D eigenvalue weighted by molar-refractivity contribution is 1.58. The summed E-state index contributed by atoms with van der Waals surface area (Å²) in [5.41, 5.74) is 0.966. The van der Waals surface area contributed by atoms with Crippen LogP contribution in [0.1, 0.15) is 6.92 Å². The molecule has 3 heteroatoms. The Morgan fingerprint density at radius 1 is 1.67 bits per heavy atom. The summed E-state index contributed by atoms with van der Waals surface area (Å²) in [6.45, 7) is 1.93. The van der Waals surface area contributed by atoms with Gasteiger partial charge in [0.05, 0.1) is 6.20 Å². The van der Waals surface area contributed by atoms with Crippen LogP contribution in [0.2, 0.25) is 0 Å². The molecule has 0 atom stereocenters. The zero-order chi connectivity index (χ0) is 6.69. The molecule has 1 rings (SSSR count). The Balaban J connectivity index is 3.00. The van der Waals surface area contributed by atoms with Gasteiger partial charge in [0.25, 0.3) is 0 Å². The van der Waals surface area contributed by atoms with Crippen LogP contribution >= 0.6 is 22.6 Å². The Morgan fingerprint density at radius 2 is 2.44 bits per heavy atom. The highest BCUT2D eigenvalue weighted by atomic mass is 127. The molecule has 1 aliphatic heterocycles. The molecule has 0 aromatic carbocycles. The standard InChI is InChI=1S/C6H5IN2/c1-5-4-6(7)9-3-2-8-5/h2,4H,1H3. The van der Waals surface area contributed by atoms with E-state index in [0.717, 1.165) is 9.42 Å². The quantitative estimate of drug-likeness (QED) is 0.450. The third-order valence-electron chi connectivity index (χ3n) is 0.825. The molecule has 0 N–H and O–H groups in total. The minimum absolute atomic E-state index is 0.919. The van der Waals surface area contributed by atoms with Gasteiger partial charge in [-0.2, -0.15) is 4.99 Å². The summed E-state index contributed by atoms with van der Waals surface area (Å²) in [6, 6.07) is 0. The van der Waals surface area contributed by atoms with Crippen LogP contribution in [0, 0.1) is 0 Å². The molecular weight excluding hydrogens is 227 g/mol. The van der Waals surface area contributed by atoms with Gasteiger partial charge in [0.1, 0.15) is 3.70 Å². The maximum absolute atomic E-state index is 3.98. The van der Waals surface area contributed by atoms with Crippen molar-refractivity contribution in [3.63, 3.8) is 0 Å². The van der Waals surface area contributed by atoms with Crippen LogP contribution in [0.4, 0.5) is 0 Å². The SMILES string of the molecule is CC1=NC=C=NC(I)=C1. The lowest BCUT2D eigenvalue weighted by Crippen LogP contribution is -1.80. The second-order valence-electron chi connectivity index (χ2n) is 1.61. The van der Waals surface area contributed by atoms with Gasteiger partial charge < -0.3 is 0 Å². The summed E-state index contributed by atoms with van der Waals surface area (Å²) >= 11 is 2.13. The van der Waals surface area contributed by atoms with Gasteiger partial charge in [-0.05, 0) is 35.6 Å². The first-order chi connectivity index (χ1) is 4.29. The molecule has 1 heterocycles. The van der Waals surface area contributed by atoms with Crippen molar-refractivity contribution in [2.45, 2.75) is 6.92 Å². The second-order valence-corrected chi connectivity index (χ2v) is 2.71. The topological polar surface area (TPSA) is 24.7 Å². The fraction of sp³-hybridized carbons (Fsp3) is 0.167. The summed E-state index contributed by atoms with van der Waals surface area (Å²) in [6.07, 6.45) is 3.47. The summed E-state index contributed by atoms with van der Waals surface area (Å²) < 4.78 is 0.919. The Labute approximate surface area is 67.2 Å². The lowest BCUT2D eigenvalue weighted by Gasteiger charge is -1.83. The fourth-order valence-corrected chi connectivity index (χ4v) is 1.05. The number of rotatable bonds is 0. The van der Waals surface area contributed by atoms with Crippen molar-refractivity contribution in [3.8, 4) is 0 Å². The zero-order valence-electron chi connectivity index (χ0n) is 4.93. The normalized spacial score (nSPS) is 16.7. The number of hydrogen-bond donors (Lipinski definition) is 0. The molecule has 2 nitrogen and oxygen atoms in total. The van der Waals surface area contributed by atoms with Crippen LogP contribution in [-0.2, 0) is 0 Å². The first-order valence-corrected chi connectivity index (χ1v) is 3.56. The van der Waals surface area contributed by atoms with E-state index in [2.05, 4.69) is 38.4 Å². The van der Waals surface area contributed by atoms with Crippen LogP contribution in [0.15, 0.2) is 26.0 Å². The minimum Gasteiger partial charge on any atom is -0.252 e. The molecule has 0 spiro atoms. The molecule has 1 aliphatic rings. The lowest BCUT2D eigenvalue weighted by atomic mass is 10.4. The van der Waals surface area contributed by atoms with E-state index in [9.17, 15) is 0 Å². The van der Waals surface area contributed by atoms with Crippen molar-refractivity contribution < 1.29 is 0 Å². The van der Waals surface area contributed by atoms with E-state index in [4.69, 9.17) is 0 Å². The highest BCUT2D eigenvalue weighted by molar-refractivity contribution is 14.1. The average Bonchev–Trinajstić information content (AvgIpc) is 1.93. The predicted octanol–water partition coefficient (Wildman–Crippen LogP) is 1.92. The van der Waals surface area contributed by atoms with E-state index < -0.39 is 0 Å². The number of hydrogen-bond acceptors (Lipinski definition) is 2. The van der Waals surface area contributed by atoms with E-state index in [1.165, 1.54) is 0 Å². The van der Waals surface area contributed by atoms with Gasteiger partial charge in [-0.1, -0.05) is 0 Å². The molecule has 9 heavy (non-hydrogen) atoms. The fourth-order valence-electron chi connectivity index (χ4n) is 0.463. The Bertz CT molecular complexity index is 231. The van der Waals surface area contributed by atoms with Crippen molar-refractivity contribution in [1.29, 1.82) is 0 Å². The molecule has 0 aromatic heterocycles. The van der Waals surface area contributed by atoms with Crippen molar-refractivity contribution in [2.24, 2.45) is 9.98 Å².